The number of carbonyl (C=O) groups excluding carboxylic acids is 4. The van der Waals surface area contributed by atoms with Crippen molar-refractivity contribution in [2.45, 2.75) is 108 Å². The molecule has 4 fully saturated rings. The van der Waals surface area contributed by atoms with Crippen LogP contribution in [0.25, 0.3) is 5.65 Å². The maximum Gasteiger partial charge on any atom is 0.282 e. The van der Waals surface area contributed by atoms with E-state index in [0.29, 0.717) is 49.9 Å². The number of likely N-dealkylation sites (N-methyl/N-ethyl adjacent to an activating group) is 1. The van der Waals surface area contributed by atoms with Crippen molar-refractivity contribution in [2.24, 2.45) is 11.8 Å². The lowest BCUT2D eigenvalue weighted by Crippen LogP contribution is -2.44. The maximum absolute atomic E-state index is 14.3. The molecule has 1 aliphatic carbocycles. The number of nitrogens with zero attached hydrogens (tertiary/aromatic N) is 8. The quantitative estimate of drug-likeness (QED) is 0.102. The minimum absolute atomic E-state index is 0.00616. The molecule has 62 heavy (non-hydrogen) atoms. The standard InChI is InChI=1S/C45H55F2N9O6/c1-52-41-28(4-2-6-33(41)39(45(52)61)34-11-12-38(59)50-44(34)60)5-3-21-62-32-14-17-53(18-15-32)24-27-7-9-30(10-8-27)56-25-29(40(51-56)42(46)47)22-36(58)35-23-48-55-20-16-37(49-43(35)55)54-19-13-31(57)26-54/h2,4,6,16,20,23,25,27,30-32,34,39,42,57H,3,5,7-15,17-19,21-22,24,26H2,1H3,(H,50,59,60)/t27?,30?,31-,34?,39?/m0/s1. The van der Waals surface area contributed by atoms with Crippen molar-refractivity contribution in [3.05, 3.63) is 70.8 Å². The molecule has 3 saturated heterocycles. The highest BCUT2D eigenvalue weighted by molar-refractivity contribution is 6.09. The van der Waals surface area contributed by atoms with E-state index in [1.165, 1.54) is 10.7 Å². The summed E-state index contributed by atoms with van der Waals surface area (Å²) < 4.78 is 38.1. The van der Waals surface area contributed by atoms with E-state index in [2.05, 4.69) is 25.4 Å². The molecule has 5 aliphatic rings. The second-order valence-electron chi connectivity index (χ2n) is 17.9. The summed E-state index contributed by atoms with van der Waals surface area (Å²) in [6.07, 6.45) is 9.86. The molecule has 3 atom stereocenters. The smallest absolute Gasteiger partial charge is 0.282 e. The Kier molecular flexibility index (Phi) is 12.2. The Morgan fingerprint density at radius 3 is 2.55 bits per heavy atom. The molecule has 1 aromatic carbocycles. The summed E-state index contributed by atoms with van der Waals surface area (Å²) in [6.45, 7) is 4.65. The van der Waals surface area contributed by atoms with Gasteiger partial charge in [0.05, 0.1) is 47.5 Å². The molecule has 4 aliphatic heterocycles. The number of Topliss-reactive ketones (excluding diaryl/α,β-unsaturated/α-hetero) is 1. The number of para-hydroxylation sites is 1. The van der Waals surface area contributed by atoms with E-state index < -0.39 is 24.4 Å². The Morgan fingerprint density at radius 2 is 1.81 bits per heavy atom. The number of halogens is 2. The van der Waals surface area contributed by atoms with Crippen molar-refractivity contribution in [3.63, 3.8) is 0 Å². The van der Waals surface area contributed by atoms with E-state index in [-0.39, 0.29) is 65.3 Å². The number of alkyl halides is 2. The minimum Gasteiger partial charge on any atom is -0.391 e. The largest absolute Gasteiger partial charge is 0.391 e. The van der Waals surface area contributed by atoms with Gasteiger partial charge in [-0.2, -0.15) is 10.2 Å². The van der Waals surface area contributed by atoms with E-state index in [1.807, 2.05) is 23.1 Å². The molecule has 2 N–H and O–H groups in total. The van der Waals surface area contributed by atoms with E-state index >= 15 is 0 Å². The van der Waals surface area contributed by atoms with Gasteiger partial charge in [-0.3, -0.25) is 29.2 Å². The summed E-state index contributed by atoms with van der Waals surface area (Å²) in [4.78, 5) is 62.1. The van der Waals surface area contributed by atoms with Crippen LogP contribution in [0.5, 0.6) is 0 Å². The van der Waals surface area contributed by atoms with Crippen LogP contribution in [-0.4, -0.2) is 116 Å². The summed E-state index contributed by atoms with van der Waals surface area (Å²) in [5, 5.41) is 21.0. The van der Waals surface area contributed by atoms with Crippen LogP contribution < -0.4 is 15.1 Å². The zero-order valence-corrected chi connectivity index (χ0v) is 35.1. The van der Waals surface area contributed by atoms with Crippen LogP contribution in [0.2, 0.25) is 0 Å². The predicted molar refractivity (Wildman–Crippen MR) is 224 cm³/mol. The maximum atomic E-state index is 14.3. The van der Waals surface area contributed by atoms with Gasteiger partial charge in [0.25, 0.3) is 6.43 Å². The normalized spacial score (nSPS) is 25.0. The Labute approximate surface area is 358 Å². The molecular weight excluding hydrogens is 801 g/mol. The fourth-order valence-electron chi connectivity index (χ4n) is 10.5. The molecule has 17 heteroatoms. The SMILES string of the molecule is CN1C(=O)C(C2CCC(=O)NC2=O)c2cccc(CCCOC3CCN(CC4CCC(n5cc(CC(=O)c6cnn7ccc(N8CC[C@H](O)C8)nc67)c(C(F)F)n5)CC4)CC3)c21. The van der Waals surface area contributed by atoms with Crippen LogP contribution in [0.1, 0.15) is 115 Å². The molecule has 2 unspecified atom stereocenters. The third-order valence-electron chi connectivity index (χ3n) is 13.8. The molecule has 3 aromatic heterocycles. The van der Waals surface area contributed by atoms with E-state index in [1.54, 1.807) is 35.1 Å². The number of rotatable bonds is 14. The van der Waals surface area contributed by atoms with Crippen LogP contribution in [0, 0.1) is 11.8 Å². The molecule has 0 bridgehead atoms. The summed E-state index contributed by atoms with van der Waals surface area (Å²) in [7, 11) is 1.77. The first-order valence-corrected chi connectivity index (χ1v) is 22.2. The van der Waals surface area contributed by atoms with Crippen LogP contribution in [0.3, 0.4) is 0 Å². The summed E-state index contributed by atoms with van der Waals surface area (Å²) in [6, 6.07) is 7.70. The highest BCUT2D eigenvalue weighted by atomic mass is 19.3. The summed E-state index contributed by atoms with van der Waals surface area (Å²) in [5.74, 6) is -1.08. The molecule has 4 aromatic rings. The number of benzene rings is 1. The van der Waals surface area contributed by atoms with Gasteiger partial charge in [0, 0.05) is 77.2 Å². The molecule has 0 spiro atoms. The highest BCUT2D eigenvalue weighted by Gasteiger charge is 2.45. The summed E-state index contributed by atoms with van der Waals surface area (Å²) in [5.41, 5.74) is 3.29. The van der Waals surface area contributed by atoms with Crippen LogP contribution in [0.15, 0.2) is 42.9 Å². The topological polar surface area (TPSA) is 167 Å². The van der Waals surface area contributed by atoms with Gasteiger partial charge in [0.15, 0.2) is 11.4 Å². The van der Waals surface area contributed by atoms with Crippen LogP contribution in [-0.2, 0) is 32.0 Å². The lowest BCUT2D eigenvalue weighted by atomic mass is 9.81. The van der Waals surface area contributed by atoms with Crippen LogP contribution in [0.4, 0.5) is 20.3 Å². The van der Waals surface area contributed by atoms with Gasteiger partial charge >= 0.3 is 0 Å². The predicted octanol–water partition coefficient (Wildman–Crippen LogP) is 4.82. The number of amides is 3. The van der Waals surface area contributed by atoms with E-state index in [4.69, 9.17) is 4.74 Å². The molecular formula is C45H55F2N9O6. The monoisotopic (exact) mass is 855 g/mol. The second-order valence-corrected chi connectivity index (χ2v) is 17.9. The molecule has 330 valence electrons. The number of likely N-dealkylation sites (tertiary alicyclic amines) is 1. The van der Waals surface area contributed by atoms with Crippen molar-refractivity contribution >= 4 is 40.7 Å². The Morgan fingerprint density at radius 1 is 1.00 bits per heavy atom. The number of hydrogen-bond donors (Lipinski definition) is 2. The zero-order chi connectivity index (χ0) is 43.1. The third-order valence-corrected chi connectivity index (χ3v) is 13.8. The first-order chi connectivity index (χ1) is 30.0. The number of nitrogens with one attached hydrogen (secondary N) is 1. The zero-order valence-electron chi connectivity index (χ0n) is 35.1. The molecule has 1 saturated carbocycles. The first-order valence-electron chi connectivity index (χ1n) is 22.2. The lowest BCUT2D eigenvalue weighted by Gasteiger charge is -2.36. The van der Waals surface area contributed by atoms with Gasteiger partial charge in [0.1, 0.15) is 11.5 Å². The number of aryl methyl sites for hydroxylation is 1. The second kappa shape index (κ2) is 17.9. The number of imide groups is 1. The Bertz CT molecular complexity index is 2320. The molecule has 3 amide bonds. The van der Waals surface area contributed by atoms with Gasteiger partial charge < -0.3 is 24.5 Å². The number of piperidine rings is 2. The Balaban J connectivity index is 0.721. The number of ether oxygens (including phenoxy) is 1. The highest BCUT2D eigenvalue weighted by Crippen LogP contribution is 2.45. The number of fused-ring (bicyclic) bond motifs is 2. The van der Waals surface area contributed by atoms with Crippen molar-refractivity contribution in [1.29, 1.82) is 0 Å². The molecule has 15 nitrogen and oxygen atoms in total. The van der Waals surface area contributed by atoms with Crippen molar-refractivity contribution in [3.8, 4) is 0 Å². The first kappa shape index (κ1) is 42.2. The Hall–Kier alpha value is -5.13. The van der Waals surface area contributed by atoms with Crippen LogP contribution >= 0.6 is 0 Å². The van der Waals surface area contributed by atoms with E-state index in [9.17, 15) is 33.1 Å². The number of hydrogen-bond acceptors (Lipinski definition) is 11. The number of carbonyl (C=O) groups is 4. The third kappa shape index (κ3) is 8.63. The van der Waals surface area contributed by atoms with Gasteiger partial charge in [-0.15, -0.1) is 0 Å². The fraction of sp³-hybridized carbons (Fsp3) is 0.578. The van der Waals surface area contributed by atoms with Gasteiger partial charge in [-0.05, 0) is 87.3 Å². The number of anilines is 2. The molecule has 0 radical (unpaired) electrons. The molecule has 7 heterocycles. The van der Waals surface area contributed by atoms with Gasteiger partial charge in [0.2, 0.25) is 17.7 Å². The van der Waals surface area contributed by atoms with Gasteiger partial charge in [-0.1, -0.05) is 18.2 Å². The summed E-state index contributed by atoms with van der Waals surface area (Å²) >= 11 is 0. The number of β-amino-alcohol motifs (C(OH)–C–C–N with tert-alkyl or cyclic N) is 1. The fourth-order valence-corrected chi connectivity index (χ4v) is 10.5. The average molecular weight is 856 g/mol. The number of ketones is 1. The van der Waals surface area contributed by atoms with Crippen molar-refractivity contribution in [1.82, 2.24) is 34.6 Å². The van der Waals surface area contributed by atoms with Crippen molar-refractivity contribution < 1.29 is 37.8 Å². The number of aliphatic hydroxyl groups excluding tert-OH is 1. The number of aromatic nitrogens is 5. The number of aliphatic hydroxyl groups is 1. The van der Waals surface area contributed by atoms with Gasteiger partial charge in [-0.25, -0.2) is 18.3 Å². The minimum atomic E-state index is -2.81. The lowest BCUT2D eigenvalue weighted by molar-refractivity contribution is -0.139. The molecule has 9 rings (SSSR count). The van der Waals surface area contributed by atoms with E-state index in [0.717, 1.165) is 87.8 Å². The average Bonchev–Trinajstić information content (AvgIpc) is 4.06. The van der Waals surface area contributed by atoms with Crippen molar-refractivity contribution in [2.75, 3.05) is 56.2 Å².